The molecule has 3 nitrogen and oxygen atoms in total. The van der Waals surface area contributed by atoms with Crippen LogP contribution in [0.25, 0.3) is 0 Å². The Hall–Kier alpha value is 0.0700. The summed E-state index contributed by atoms with van der Waals surface area (Å²) in [4.78, 5) is 13.2. The molecule has 84 valence electrons. The molecule has 0 aliphatic carbocycles. The molecule has 1 amide bonds. The van der Waals surface area contributed by atoms with E-state index < -0.39 is 0 Å². The van der Waals surface area contributed by atoms with E-state index in [1.807, 2.05) is 16.7 Å². The summed E-state index contributed by atoms with van der Waals surface area (Å²) in [6.07, 6.45) is 0. The van der Waals surface area contributed by atoms with E-state index in [1.54, 1.807) is 0 Å². The fourth-order valence-corrected chi connectivity index (χ4v) is 2.73. The largest absolute Gasteiger partial charge is 0.340 e. The number of nitrogens with two attached hydrogens (primary N) is 1. The minimum Gasteiger partial charge on any atom is -0.340 e. The number of amides is 1. The number of carbonyl (C=O) groups is 1. The zero-order valence-electron chi connectivity index (χ0n) is 8.73. The molecule has 1 aliphatic heterocycles. The lowest BCUT2D eigenvalue weighted by molar-refractivity contribution is -0.129. The lowest BCUT2D eigenvalue weighted by Crippen LogP contribution is -2.45. The van der Waals surface area contributed by atoms with E-state index in [-0.39, 0.29) is 24.9 Å². The highest BCUT2D eigenvalue weighted by atomic mass is 35.5. The molecule has 0 saturated carbocycles. The highest BCUT2D eigenvalue weighted by molar-refractivity contribution is 8.00. The van der Waals surface area contributed by atoms with E-state index in [1.165, 1.54) is 0 Å². The van der Waals surface area contributed by atoms with E-state index >= 15 is 0 Å². The van der Waals surface area contributed by atoms with Crippen molar-refractivity contribution >= 4 is 30.1 Å². The Kier molecular flexibility index (Phi) is 6.57. The second-order valence-corrected chi connectivity index (χ2v) is 5.04. The Morgan fingerprint density at radius 1 is 1.64 bits per heavy atom. The summed E-state index contributed by atoms with van der Waals surface area (Å²) in [6.45, 7) is 6.29. The number of halogens is 1. The Balaban J connectivity index is 0.00000169. The molecule has 0 spiro atoms. The molecule has 0 aromatic rings. The van der Waals surface area contributed by atoms with Gasteiger partial charge >= 0.3 is 0 Å². The van der Waals surface area contributed by atoms with Crippen LogP contribution in [0.15, 0.2) is 0 Å². The van der Waals surface area contributed by atoms with Crippen LogP contribution in [0.1, 0.15) is 13.8 Å². The van der Waals surface area contributed by atoms with Gasteiger partial charge in [-0.1, -0.05) is 13.8 Å². The number of nitrogens with zero attached hydrogens (tertiary/aromatic N) is 1. The predicted molar refractivity (Wildman–Crippen MR) is 64.0 cm³/mol. The summed E-state index contributed by atoms with van der Waals surface area (Å²) in [7, 11) is 0. The van der Waals surface area contributed by atoms with Gasteiger partial charge in [-0.2, -0.15) is 11.8 Å². The van der Waals surface area contributed by atoms with Crippen LogP contribution in [0.4, 0.5) is 0 Å². The third-order valence-corrected chi connectivity index (χ3v) is 3.90. The van der Waals surface area contributed by atoms with Gasteiger partial charge in [0.2, 0.25) is 5.91 Å². The van der Waals surface area contributed by atoms with E-state index in [9.17, 15) is 4.79 Å². The molecule has 1 aliphatic rings. The smallest absolute Gasteiger partial charge is 0.236 e. The molecule has 0 bridgehead atoms. The van der Waals surface area contributed by atoms with Gasteiger partial charge in [-0.15, -0.1) is 12.4 Å². The van der Waals surface area contributed by atoms with Crippen molar-refractivity contribution < 1.29 is 4.79 Å². The third kappa shape index (κ3) is 3.67. The van der Waals surface area contributed by atoms with Crippen molar-refractivity contribution in [2.24, 2.45) is 11.7 Å². The summed E-state index contributed by atoms with van der Waals surface area (Å²) >= 11 is 1.97. The van der Waals surface area contributed by atoms with E-state index in [4.69, 9.17) is 5.73 Å². The van der Waals surface area contributed by atoms with Crippen LogP contribution in [-0.2, 0) is 4.79 Å². The summed E-state index contributed by atoms with van der Waals surface area (Å²) in [5.74, 6) is 1.78. The molecule has 1 atom stereocenters. The molecule has 1 unspecified atom stereocenters. The zero-order valence-corrected chi connectivity index (χ0v) is 10.4. The second-order valence-electron chi connectivity index (χ2n) is 3.70. The SMILES string of the molecule is CC(C)C1CN(C(=O)CN)CCS1.Cl. The topological polar surface area (TPSA) is 46.3 Å². The van der Waals surface area contributed by atoms with Crippen LogP contribution in [0.2, 0.25) is 0 Å². The maximum Gasteiger partial charge on any atom is 0.236 e. The second kappa shape index (κ2) is 6.53. The first-order valence-electron chi connectivity index (χ1n) is 4.74. The van der Waals surface area contributed by atoms with Crippen molar-refractivity contribution in [2.45, 2.75) is 19.1 Å². The van der Waals surface area contributed by atoms with Gasteiger partial charge in [0, 0.05) is 24.1 Å². The first kappa shape index (κ1) is 14.1. The number of thioether (sulfide) groups is 1. The van der Waals surface area contributed by atoms with Gasteiger partial charge in [-0.3, -0.25) is 4.79 Å². The Labute approximate surface area is 96.2 Å². The van der Waals surface area contributed by atoms with E-state index in [2.05, 4.69) is 13.8 Å². The quantitative estimate of drug-likeness (QED) is 0.780. The lowest BCUT2D eigenvalue weighted by Gasteiger charge is -2.34. The van der Waals surface area contributed by atoms with Crippen molar-refractivity contribution in [1.29, 1.82) is 0 Å². The summed E-state index contributed by atoms with van der Waals surface area (Å²) in [6, 6.07) is 0. The first-order chi connectivity index (χ1) is 6.15. The van der Waals surface area contributed by atoms with E-state index in [0.717, 1.165) is 18.8 Å². The maximum absolute atomic E-state index is 11.3. The Morgan fingerprint density at radius 2 is 2.29 bits per heavy atom. The van der Waals surface area contributed by atoms with Crippen LogP contribution >= 0.6 is 24.2 Å². The summed E-state index contributed by atoms with van der Waals surface area (Å²) in [5, 5.41) is 0.587. The van der Waals surface area contributed by atoms with Crippen LogP contribution in [0.5, 0.6) is 0 Å². The van der Waals surface area contributed by atoms with Crippen LogP contribution in [-0.4, -0.2) is 41.4 Å². The molecule has 1 saturated heterocycles. The van der Waals surface area contributed by atoms with Crippen LogP contribution < -0.4 is 5.73 Å². The molecule has 2 N–H and O–H groups in total. The number of rotatable bonds is 2. The van der Waals surface area contributed by atoms with Gasteiger partial charge in [0.15, 0.2) is 0 Å². The molecule has 14 heavy (non-hydrogen) atoms. The van der Waals surface area contributed by atoms with Crippen LogP contribution in [0, 0.1) is 5.92 Å². The van der Waals surface area contributed by atoms with Gasteiger partial charge in [-0.25, -0.2) is 0 Å². The van der Waals surface area contributed by atoms with Gasteiger partial charge in [0.1, 0.15) is 0 Å². The minimum atomic E-state index is 0. The van der Waals surface area contributed by atoms with Gasteiger partial charge < -0.3 is 10.6 Å². The van der Waals surface area contributed by atoms with E-state index in [0.29, 0.717) is 11.2 Å². The van der Waals surface area contributed by atoms with Gasteiger partial charge in [0.25, 0.3) is 0 Å². The van der Waals surface area contributed by atoms with Crippen molar-refractivity contribution in [3.8, 4) is 0 Å². The summed E-state index contributed by atoms with van der Waals surface area (Å²) < 4.78 is 0. The minimum absolute atomic E-state index is 0. The van der Waals surface area contributed by atoms with Gasteiger partial charge in [0.05, 0.1) is 6.54 Å². The van der Waals surface area contributed by atoms with Crippen molar-refractivity contribution in [3.63, 3.8) is 0 Å². The lowest BCUT2D eigenvalue weighted by atomic mass is 10.1. The highest BCUT2D eigenvalue weighted by Gasteiger charge is 2.24. The maximum atomic E-state index is 11.3. The third-order valence-electron chi connectivity index (χ3n) is 2.36. The molecule has 0 aromatic carbocycles. The molecule has 0 aromatic heterocycles. The monoisotopic (exact) mass is 238 g/mol. The molecule has 5 heteroatoms. The average molecular weight is 239 g/mol. The standard InChI is InChI=1S/C9H18N2OS.ClH/c1-7(2)8-6-11(3-4-13-8)9(12)5-10;/h7-8H,3-6,10H2,1-2H3;1H. The molecule has 0 radical (unpaired) electrons. The fraction of sp³-hybridized carbons (Fsp3) is 0.889. The van der Waals surface area contributed by atoms with Crippen molar-refractivity contribution in [1.82, 2.24) is 4.90 Å². The zero-order chi connectivity index (χ0) is 9.84. The highest BCUT2D eigenvalue weighted by Crippen LogP contribution is 2.24. The normalized spacial score (nSPS) is 22.0. The molecular formula is C9H19ClN2OS. The average Bonchev–Trinajstić information content (AvgIpc) is 2.17. The predicted octanol–water partition coefficient (Wildman–Crippen LogP) is 0.967. The fourth-order valence-electron chi connectivity index (χ4n) is 1.43. The van der Waals surface area contributed by atoms with Crippen LogP contribution in [0.3, 0.4) is 0 Å². The van der Waals surface area contributed by atoms with Crippen molar-refractivity contribution in [2.75, 3.05) is 25.4 Å². The summed E-state index contributed by atoms with van der Waals surface area (Å²) in [5.41, 5.74) is 5.33. The van der Waals surface area contributed by atoms with Crippen molar-refractivity contribution in [3.05, 3.63) is 0 Å². The molecule has 1 heterocycles. The molecular weight excluding hydrogens is 220 g/mol. The Bertz CT molecular complexity index is 190. The Morgan fingerprint density at radius 3 is 2.79 bits per heavy atom. The number of hydrogen-bond acceptors (Lipinski definition) is 3. The first-order valence-corrected chi connectivity index (χ1v) is 5.79. The van der Waals surface area contributed by atoms with Gasteiger partial charge in [-0.05, 0) is 5.92 Å². The number of hydrogen-bond donors (Lipinski definition) is 1. The molecule has 1 fully saturated rings. The number of carbonyl (C=O) groups excluding carboxylic acids is 1. The molecule has 1 rings (SSSR count).